The van der Waals surface area contributed by atoms with Crippen LogP contribution in [-0.2, 0) is 18.5 Å². The summed E-state index contributed by atoms with van der Waals surface area (Å²) in [5, 5.41) is 3.38. The number of hydrogen-bond donors (Lipinski definition) is 1. The Morgan fingerprint density at radius 2 is 1.94 bits per heavy atom. The molecule has 3 rings (SSSR count). The monoisotopic (exact) mass is 217 g/mol. The Morgan fingerprint density at radius 1 is 1.19 bits per heavy atom. The molecule has 16 heavy (non-hydrogen) atoms. The fraction of sp³-hybridized carbons (Fsp3) is 0.692. The van der Waals surface area contributed by atoms with Crippen LogP contribution >= 0.6 is 0 Å². The summed E-state index contributed by atoms with van der Waals surface area (Å²) >= 11 is 0. The Bertz CT molecular complexity index is 433. The predicted molar refractivity (Wildman–Crippen MR) is 63.3 cm³/mol. The minimum absolute atomic E-state index is 0.279. The first-order valence-corrected chi connectivity index (χ1v) is 6.21. The van der Waals surface area contributed by atoms with Crippen LogP contribution in [0.25, 0.3) is 0 Å². The van der Waals surface area contributed by atoms with Gasteiger partial charge in [-0.3, -0.25) is 0 Å². The normalized spacial score (nSPS) is 21.2. The van der Waals surface area contributed by atoms with Crippen molar-refractivity contribution in [3.05, 3.63) is 22.8 Å². The lowest BCUT2D eigenvalue weighted by molar-refractivity contribution is 0.671. The van der Waals surface area contributed by atoms with Crippen LogP contribution in [0.4, 0.5) is 0 Å². The minimum atomic E-state index is 0.279. The molecule has 1 fully saturated rings. The van der Waals surface area contributed by atoms with Gasteiger partial charge in [-0.1, -0.05) is 20.8 Å². The van der Waals surface area contributed by atoms with E-state index in [2.05, 4.69) is 26.1 Å². The summed E-state index contributed by atoms with van der Waals surface area (Å²) in [5.74, 6) is 1.58. The van der Waals surface area contributed by atoms with Gasteiger partial charge in [-0.25, -0.2) is 9.97 Å². The molecule has 0 atom stereocenters. The van der Waals surface area contributed by atoms with Crippen LogP contribution in [0, 0.1) is 0 Å². The second-order valence-electron chi connectivity index (χ2n) is 5.68. The molecule has 1 saturated carbocycles. The van der Waals surface area contributed by atoms with Crippen molar-refractivity contribution in [1.82, 2.24) is 15.3 Å². The number of fused-ring (bicyclic) bond motifs is 1. The first kappa shape index (κ1) is 10.2. The molecule has 0 spiro atoms. The molecule has 0 unspecified atom stereocenters. The smallest absolute Gasteiger partial charge is 0.134 e. The van der Waals surface area contributed by atoms with E-state index in [-0.39, 0.29) is 5.41 Å². The van der Waals surface area contributed by atoms with Gasteiger partial charge in [0.05, 0.1) is 11.4 Å². The molecule has 86 valence electrons. The second-order valence-corrected chi connectivity index (χ2v) is 5.68. The van der Waals surface area contributed by atoms with Gasteiger partial charge in [0, 0.05) is 24.1 Å². The molecule has 0 saturated heterocycles. The summed E-state index contributed by atoms with van der Waals surface area (Å²) in [5.41, 5.74) is 4.13. The lowest BCUT2D eigenvalue weighted by atomic mass is 10.0. The van der Waals surface area contributed by atoms with E-state index in [4.69, 9.17) is 9.97 Å². The third kappa shape index (κ3) is 1.46. The highest BCUT2D eigenvalue weighted by Crippen LogP contribution is 2.46. The van der Waals surface area contributed by atoms with Crippen molar-refractivity contribution in [2.75, 3.05) is 0 Å². The van der Waals surface area contributed by atoms with Crippen LogP contribution in [0.15, 0.2) is 0 Å². The van der Waals surface area contributed by atoms with Crippen molar-refractivity contribution in [1.29, 1.82) is 0 Å². The van der Waals surface area contributed by atoms with Crippen molar-refractivity contribution in [3.63, 3.8) is 0 Å². The van der Waals surface area contributed by atoms with Crippen LogP contribution in [0.1, 0.15) is 62.3 Å². The molecule has 2 aliphatic rings. The first-order valence-electron chi connectivity index (χ1n) is 6.21. The summed E-state index contributed by atoms with van der Waals surface area (Å²) in [6.45, 7) is 8.58. The third-order valence-electron chi connectivity index (χ3n) is 3.81. The van der Waals surface area contributed by atoms with Crippen molar-refractivity contribution in [2.24, 2.45) is 0 Å². The lowest BCUT2D eigenvalue weighted by Crippen LogP contribution is -2.13. The topological polar surface area (TPSA) is 37.8 Å². The molecule has 0 aromatic carbocycles. The van der Waals surface area contributed by atoms with Gasteiger partial charge in [-0.05, 0) is 18.8 Å². The molecule has 1 aliphatic carbocycles. The van der Waals surface area contributed by atoms with E-state index < -0.39 is 0 Å². The molecule has 1 aliphatic heterocycles. The molecular formula is C13H19N3. The molecular weight excluding hydrogens is 198 g/mol. The van der Waals surface area contributed by atoms with Gasteiger partial charge in [0.25, 0.3) is 0 Å². The van der Waals surface area contributed by atoms with Crippen LogP contribution < -0.4 is 5.32 Å². The summed E-state index contributed by atoms with van der Waals surface area (Å²) < 4.78 is 0. The van der Waals surface area contributed by atoms with Crippen LogP contribution in [-0.4, -0.2) is 9.97 Å². The summed E-state index contributed by atoms with van der Waals surface area (Å²) in [7, 11) is 0. The fourth-order valence-electron chi connectivity index (χ4n) is 2.35. The maximum atomic E-state index is 4.83. The standard InChI is InChI=1S/C13H19N3/c1-8(2)11-9-6-14-7-10(9)15-12(16-11)13(3)4-5-13/h8,14H,4-7H2,1-3H3. The van der Waals surface area contributed by atoms with E-state index in [0.29, 0.717) is 5.92 Å². The van der Waals surface area contributed by atoms with Gasteiger partial charge in [0.2, 0.25) is 0 Å². The summed E-state index contributed by atoms with van der Waals surface area (Å²) in [4.78, 5) is 9.58. The predicted octanol–water partition coefficient (Wildman–Crippen LogP) is 2.25. The second kappa shape index (κ2) is 3.27. The number of nitrogens with zero attached hydrogens (tertiary/aromatic N) is 2. The molecule has 1 aromatic heterocycles. The van der Waals surface area contributed by atoms with E-state index >= 15 is 0 Å². The zero-order valence-electron chi connectivity index (χ0n) is 10.3. The van der Waals surface area contributed by atoms with E-state index in [1.54, 1.807) is 0 Å². The molecule has 2 heterocycles. The highest BCUT2D eigenvalue weighted by atomic mass is 15.0. The van der Waals surface area contributed by atoms with E-state index in [9.17, 15) is 0 Å². The highest BCUT2D eigenvalue weighted by Gasteiger charge is 2.43. The summed E-state index contributed by atoms with van der Waals surface area (Å²) in [6, 6.07) is 0. The van der Waals surface area contributed by atoms with Crippen molar-refractivity contribution in [3.8, 4) is 0 Å². The van der Waals surface area contributed by atoms with Gasteiger partial charge in [-0.2, -0.15) is 0 Å². The Balaban J connectivity index is 2.13. The van der Waals surface area contributed by atoms with E-state index in [0.717, 1.165) is 18.9 Å². The van der Waals surface area contributed by atoms with Gasteiger partial charge in [0.1, 0.15) is 5.82 Å². The number of rotatable bonds is 2. The average molecular weight is 217 g/mol. The molecule has 3 nitrogen and oxygen atoms in total. The van der Waals surface area contributed by atoms with E-state index in [1.165, 1.54) is 29.8 Å². The fourth-order valence-corrected chi connectivity index (χ4v) is 2.35. The molecule has 0 radical (unpaired) electrons. The van der Waals surface area contributed by atoms with Gasteiger partial charge < -0.3 is 5.32 Å². The van der Waals surface area contributed by atoms with E-state index in [1.807, 2.05) is 0 Å². The number of hydrogen-bond acceptors (Lipinski definition) is 3. The van der Waals surface area contributed by atoms with Crippen LogP contribution in [0.2, 0.25) is 0 Å². The molecule has 0 amide bonds. The van der Waals surface area contributed by atoms with Crippen molar-refractivity contribution >= 4 is 0 Å². The Labute approximate surface area is 96.7 Å². The maximum absolute atomic E-state index is 4.83. The van der Waals surface area contributed by atoms with Gasteiger partial charge in [0.15, 0.2) is 0 Å². The quantitative estimate of drug-likeness (QED) is 0.825. The van der Waals surface area contributed by atoms with Crippen molar-refractivity contribution in [2.45, 2.75) is 58.0 Å². The van der Waals surface area contributed by atoms with Crippen LogP contribution in [0.5, 0.6) is 0 Å². The third-order valence-corrected chi connectivity index (χ3v) is 3.81. The molecule has 3 heteroatoms. The first-order chi connectivity index (χ1) is 7.60. The zero-order valence-corrected chi connectivity index (χ0v) is 10.3. The number of nitrogens with one attached hydrogen (secondary N) is 1. The number of aromatic nitrogens is 2. The molecule has 0 bridgehead atoms. The Kier molecular flexibility index (Phi) is 2.08. The van der Waals surface area contributed by atoms with Gasteiger partial charge in [-0.15, -0.1) is 0 Å². The average Bonchev–Trinajstić information content (AvgIpc) is 2.83. The largest absolute Gasteiger partial charge is 0.307 e. The maximum Gasteiger partial charge on any atom is 0.134 e. The molecule has 1 N–H and O–H groups in total. The Morgan fingerprint density at radius 3 is 2.56 bits per heavy atom. The lowest BCUT2D eigenvalue weighted by Gasteiger charge is -2.15. The highest BCUT2D eigenvalue weighted by molar-refractivity contribution is 5.33. The molecule has 1 aromatic rings. The summed E-state index contributed by atoms with van der Waals surface area (Å²) in [6.07, 6.45) is 2.49. The van der Waals surface area contributed by atoms with Gasteiger partial charge >= 0.3 is 0 Å². The SMILES string of the molecule is CC(C)c1nc(C2(C)CC2)nc2c1CNC2. The van der Waals surface area contributed by atoms with Crippen molar-refractivity contribution < 1.29 is 0 Å². The Hall–Kier alpha value is -0.960. The zero-order chi connectivity index (χ0) is 11.3. The minimum Gasteiger partial charge on any atom is -0.307 e. The van der Waals surface area contributed by atoms with Crippen LogP contribution in [0.3, 0.4) is 0 Å².